The number of morpholine rings is 1. The highest BCUT2D eigenvalue weighted by Crippen LogP contribution is 2.24. The summed E-state index contributed by atoms with van der Waals surface area (Å²) in [6.45, 7) is 9.59. The van der Waals surface area contributed by atoms with Crippen LogP contribution in [-0.4, -0.2) is 51.0 Å². The summed E-state index contributed by atoms with van der Waals surface area (Å²) in [5, 5.41) is 7.44. The Morgan fingerprint density at radius 3 is 2.80 bits per heavy atom. The second-order valence-corrected chi connectivity index (χ2v) is 6.64. The molecule has 1 aliphatic rings. The summed E-state index contributed by atoms with van der Waals surface area (Å²) < 4.78 is 7.56. The standard InChI is InChI=1S/C18H25N5O2/c1-5-18(4)12-22(10-11-25-18)17(24)20-15-8-6-7-9-16(15)23-14(3)19-13(2)21-23/h6-9H,5,10-12H2,1-4H3,(H,20,24)/t18-/m0/s1. The van der Waals surface area contributed by atoms with Crippen molar-refractivity contribution < 1.29 is 9.53 Å². The Morgan fingerprint density at radius 2 is 2.12 bits per heavy atom. The van der Waals surface area contributed by atoms with Crippen molar-refractivity contribution in [3.8, 4) is 5.69 Å². The number of aromatic nitrogens is 3. The summed E-state index contributed by atoms with van der Waals surface area (Å²) in [5.74, 6) is 1.48. The van der Waals surface area contributed by atoms with Gasteiger partial charge in [-0.05, 0) is 39.3 Å². The molecule has 3 rings (SSSR count). The monoisotopic (exact) mass is 343 g/mol. The fraction of sp³-hybridized carbons (Fsp3) is 0.500. The largest absolute Gasteiger partial charge is 0.372 e. The number of ether oxygens (including phenoxy) is 1. The SMILES string of the molecule is CC[C@@]1(C)CN(C(=O)Nc2ccccc2-n2nc(C)nc2C)CCO1. The average Bonchev–Trinajstić information content (AvgIpc) is 2.93. The van der Waals surface area contributed by atoms with Crippen molar-refractivity contribution in [3.05, 3.63) is 35.9 Å². The van der Waals surface area contributed by atoms with Crippen molar-refractivity contribution in [2.45, 2.75) is 39.7 Å². The normalized spacial score (nSPS) is 20.6. The molecule has 2 amide bonds. The number of nitrogens with zero attached hydrogens (tertiary/aromatic N) is 4. The second kappa shape index (κ2) is 6.84. The third-order valence-electron chi connectivity index (χ3n) is 4.62. The molecule has 1 aromatic heterocycles. The number of carbonyl (C=O) groups is 1. The summed E-state index contributed by atoms with van der Waals surface area (Å²) in [4.78, 5) is 18.9. The molecule has 1 atom stereocenters. The highest BCUT2D eigenvalue weighted by molar-refractivity contribution is 5.91. The van der Waals surface area contributed by atoms with Crippen molar-refractivity contribution >= 4 is 11.7 Å². The summed E-state index contributed by atoms with van der Waals surface area (Å²) in [6.07, 6.45) is 0.866. The molecule has 25 heavy (non-hydrogen) atoms. The van der Waals surface area contributed by atoms with E-state index in [-0.39, 0.29) is 11.6 Å². The maximum absolute atomic E-state index is 12.8. The van der Waals surface area contributed by atoms with Crippen LogP contribution in [0.15, 0.2) is 24.3 Å². The Labute approximate surface area is 148 Å². The van der Waals surface area contributed by atoms with E-state index >= 15 is 0 Å². The van der Waals surface area contributed by atoms with Crippen molar-refractivity contribution in [3.63, 3.8) is 0 Å². The smallest absolute Gasteiger partial charge is 0.322 e. The molecule has 1 aliphatic heterocycles. The molecular formula is C18H25N5O2. The molecule has 0 unspecified atom stereocenters. The highest BCUT2D eigenvalue weighted by atomic mass is 16.5. The number of para-hydroxylation sites is 2. The zero-order chi connectivity index (χ0) is 18.0. The van der Waals surface area contributed by atoms with Crippen molar-refractivity contribution in [1.29, 1.82) is 0 Å². The van der Waals surface area contributed by atoms with Crippen LogP contribution < -0.4 is 5.32 Å². The fourth-order valence-electron chi connectivity index (χ4n) is 3.03. The Balaban J connectivity index is 1.82. The first-order chi connectivity index (χ1) is 11.9. The molecule has 2 heterocycles. The highest BCUT2D eigenvalue weighted by Gasteiger charge is 2.32. The van der Waals surface area contributed by atoms with Gasteiger partial charge >= 0.3 is 6.03 Å². The van der Waals surface area contributed by atoms with Crippen LogP contribution in [0.3, 0.4) is 0 Å². The first-order valence-corrected chi connectivity index (χ1v) is 8.61. The summed E-state index contributed by atoms with van der Waals surface area (Å²) >= 11 is 0. The third-order valence-corrected chi connectivity index (χ3v) is 4.62. The van der Waals surface area contributed by atoms with Crippen LogP contribution in [-0.2, 0) is 4.74 Å². The van der Waals surface area contributed by atoms with Gasteiger partial charge in [0.05, 0.1) is 30.1 Å². The molecule has 0 aliphatic carbocycles. The zero-order valence-electron chi connectivity index (χ0n) is 15.2. The van der Waals surface area contributed by atoms with E-state index in [2.05, 4.69) is 22.3 Å². The maximum Gasteiger partial charge on any atom is 0.322 e. The number of anilines is 1. The van der Waals surface area contributed by atoms with Gasteiger partial charge in [-0.3, -0.25) is 0 Å². The van der Waals surface area contributed by atoms with Crippen LogP contribution in [0, 0.1) is 13.8 Å². The molecule has 0 spiro atoms. The number of nitrogens with one attached hydrogen (secondary N) is 1. The van der Waals surface area contributed by atoms with Gasteiger partial charge in [0.2, 0.25) is 0 Å². The van der Waals surface area contributed by atoms with Crippen molar-refractivity contribution in [1.82, 2.24) is 19.7 Å². The lowest BCUT2D eigenvalue weighted by atomic mass is 10.0. The molecule has 1 N–H and O–H groups in total. The fourth-order valence-corrected chi connectivity index (χ4v) is 3.03. The van der Waals surface area contributed by atoms with Gasteiger partial charge in [-0.15, -0.1) is 0 Å². The number of hydrogen-bond acceptors (Lipinski definition) is 4. The topological polar surface area (TPSA) is 72.3 Å². The molecule has 0 saturated carbocycles. The molecule has 1 saturated heterocycles. The first kappa shape index (κ1) is 17.4. The molecule has 1 aromatic carbocycles. The maximum atomic E-state index is 12.8. The number of benzene rings is 1. The van der Waals surface area contributed by atoms with Crippen LogP contribution in [0.1, 0.15) is 31.9 Å². The quantitative estimate of drug-likeness (QED) is 0.930. The number of aryl methyl sites for hydroxylation is 2. The van der Waals surface area contributed by atoms with E-state index in [1.165, 1.54) is 0 Å². The van der Waals surface area contributed by atoms with Gasteiger partial charge in [0, 0.05) is 6.54 Å². The lowest BCUT2D eigenvalue weighted by Crippen LogP contribution is -2.53. The Morgan fingerprint density at radius 1 is 1.36 bits per heavy atom. The lowest BCUT2D eigenvalue weighted by molar-refractivity contribution is -0.0860. The number of rotatable bonds is 3. The molecule has 0 bridgehead atoms. The van der Waals surface area contributed by atoms with Crippen LogP contribution in [0.5, 0.6) is 0 Å². The van der Waals surface area contributed by atoms with Gasteiger partial charge in [-0.1, -0.05) is 19.1 Å². The Bertz CT molecular complexity index is 773. The van der Waals surface area contributed by atoms with E-state index in [4.69, 9.17) is 4.74 Å². The number of amides is 2. The van der Waals surface area contributed by atoms with E-state index in [1.807, 2.05) is 49.9 Å². The van der Waals surface area contributed by atoms with Gasteiger partial charge in [0.15, 0.2) is 0 Å². The summed E-state index contributed by atoms with van der Waals surface area (Å²) in [6, 6.07) is 7.50. The van der Waals surface area contributed by atoms with Gasteiger partial charge < -0.3 is 15.0 Å². The Hall–Kier alpha value is -2.41. The number of hydrogen-bond donors (Lipinski definition) is 1. The predicted octanol–water partition coefficient (Wildman–Crippen LogP) is 2.92. The second-order valence-electron chi connectivity index (χ2n) is 6.64. The molecule has 0 radical (unpaired) electrons. The summed E-state index contributed by atoms with van der Waals surface area (Å²) in [5.41, 5.74) is 1.24. The number of carbonyl (C=O) groups excluding carboxylic acids is 1. The van der Waals surface area contributed by atoms with Crippen molar-refractivity contribution in [2.24, 2.45) is 0 Å². The zero-order valence-corrected chi connectivity index (χ0v) is 15.2. The van der Waals surface area contributed by atoms with Crippen LogP contribution in [0.2, 0.25) is 0 Å². The molecule has 1 fully saturated rings. The minimum absolute atomic E-state index is 0.120. The minimum atomic E-state index is -0.283. The van der Waals surface area contributed by atoms with Crippen LogP contribution in [0.25, 0.3) is 5.69 Å². The average molecular weight is 343 g/mol. The van der Waals surface area contributed by atoms with Gasteiger partial charge in [-0.25, -0.2) is 14.5 Å². The lowest BCUT2D eigenvalue weighted by Gasteiger charge is -2.40. The van der Waals surface area contributed by atoms with E-state index < -0.39 is 0 Å². The van der Waals surface area contributed by atoms with Gasteiger partial charge in [-0.2, -0.15) is 5.10 Å². The minimum Gasteiger partial charge on any atom is -0.372 e. The Kier molecular flexibility index (Phi) is 4.76. The molecule has 134 valence electrons. The molecule has 7 nitrogen and oxygen atoms in total. The first-order valence-electron chi connectivity index (χ1n) is 8.61. The van der Waals surface area contributed by atoms with Crippen LogP contribution >= 0.6 is 0 Å². The van der Waals surface area contributed by atoms with Gasteiger partial charge in [0.25, 0.3) is 0 Å². The van der Waals surface area contributed by atoms with Crippen LogP contribution in [0.4, 0.5) is 10.5 Å². The van der Waals surface area contributed by atoms with E-state index in [0.29, 0.717) is 31.2 Å². The molecule has 7 heteroatoms. The summed E-state index contributed by atoms with van der Waals surface area (Å²) in [7, 11) is 0. The van der Waals surface area contributed by atoms with E-state index in [9.17, 15) is 4.79 Å². The molecular weight excluding hydrogens is 318 g/mol. The van der Waals surface area contributed by atoms with E-state index in [0.717, 1.165) is 17.9 Å². The van der Waals surface area contributed by atoms with Gasteiger partial charge in [0.1, 0.15) is 11.6 Å². The van der Waals surface area contributed by atoms with E-state index in [1.54, 1.807) is 4.68 Å². The number of urea groups is 1. The van der Waals surface area contributed by atoms with Crippen molar-refractivity contribution in [2.75, 3.05) is 25.0 Å². The third kappa shape index (κ3) is 3.66. The molecule has 2 aromatic rings. The predicted molar refractivity (Wildman–Crippen MR) is 96.1 cm³/mol.